The van der Waals surface area contributed by atoms with Crippen LogP contribution in [0.2, 0.25) is 18.6 Å². The zero-order chi connectivity index (χ0) is 16.8. The Hall–Kier alpha value is 0.177. The zero-order valence-corrected chi connectivity index (χ0v) is 17.5. The second-order valence-electron chi connectivity index (χ2n) is 7.90. The van der Waals surface area contributed by atoms with E-state index in [-0.39, 0.29) is 0 Å². The highest BCUT2D eigenvalue weighted by Gasteiger charge is 2.29. The normalized spacial score (nSPS) is 13.8. The van der Waals surface area contributed by atoms with Crippen molar-refractivity contribution in [3.8, 4) is 0 Å². The maximum absolute atomic E-state index is 6.63. The van der Waals surface area contributed by atoms with E-state index in [0.717, 1.165) is 5.54 Å². The van der Waals surface area contributed by atoms with Crippen molar-refractivity contribution in [1.82, 2.24) is 0 Å². The van der Waals surface area contributed by atoms with Crippen molar-refractivity contribution in [1.29, 1.82) is 0 Å². The molecule has 0 spiro atoms. The van der Waals surface area contributed by atoms with Crippen LogP contribution in [0.1, 0.15) is 105 Å². The predicted octanol–water partition coefficient (Wildman–Crippen LogP) is 7.71. The van der Waals surface area contributed by atoms with Crippen LogP contribution in [0.15, 0.2) is 0 Å². The van der Waals surface area contributed by atoms with E-state index in [9.17, 15) is 0 Å². The third kappa shape index (κ3) is 11.7. The van der Waals surface area contributed by atoms with Crippen LogP contribution in [0.3, 0.4) is 0 Å². The van der Waals surface area contributed by atoms with Crippen LogP contribution in [-0.2, 0) is 4.43 Å². The fraction of sp³-hybridized carbons (Fsp3) is 1.00. The Labute approximate surface area is 142 Å². The van der Waals surface area contributed by atoms with Crippen LogP contribution in [-0.4, -0.2) is 14.4 Å². The van der Waals surface area contributed by atoms with Crippen LogP contribution in [0.5, 0.6) is 0 Å². The number of hydrogen-bond acceptors (Lipinski definition) is 1. The summed E-state index contributed by atoms with van der Waals surface area (Å²) in [5.41, 5.74) is 0.718. The van der Waals surface area contributed by atoms with Crippen LogP contribution in [0.25, 0.3) is 0 Å². The second kappa shape index (κ2) is 13.6. The van der Waals surface area contributed by atoms with Gasteiger partial charge in [-0.2, -0.15) is 0 Å². The molecule has 134 valence electrons. The van der Waals surface area contributed by atoms with Crippen molar-refractivity contribution >= 4 is 8.32 Å². The van der Waals surface area contributed by atoms with Crippen molar-refractivity contribution in [2.75, 3.05) is 0 Å². The molecule has 0 bridgehead atoms. The summed E-state index contributed by atoms with van der Waals surface area (Å²) in [5, 5.41) is 0. The van der Waals surface area contributed by atoms with Crippen molar-refractivity contribution in [3.05, 3.63) is 0 Å². The molecular formula is C20H44OSi. The minimum Gasteiger partial charge on any atom is -0.414 e. The average Bonchev–Trinajstić information content (AvgIpc) is 2.45. The molecule has 22 heavy (non-hydrogen) atoms. The fourth-order valence-corrected chi connectivity index (χ4v) is 4.15. The second-order valence-corrected chi connectivity index (χ2v) is 12.5. The molecule has 0 aromatic heterocycles. The van der Waals surface area contributed by atoms with Crippen LogP contribution >= 0.6 is 0 Å². The van der Waals surface area contributed by atoms with Gasteiger partial charge in [0, 0.05) is 6.10 Å². The first-order chi connectivity index (χ1) is 10.4. The number of rotatable bonds is 15. The Morgan fingerprint density at radius 3 is 1.59 bits per heavy atom. The summed E-state index contributed by atoms with van der Waals surface area (Å²) in [5.74, 6) is 0. The number of unbranched alkanes of at least 4 members (excludes halogenated alkanes) is 8. The summed E-state index contributed by atoms with van der Waals surface area (Å²) in [6.07, 6.45) is 17.0. The lowest BCUT2D eigenvalue weighted by molar-refractivity contribution is 0.160. The Morgan fingerprint density at radius 2 is 1.09 bits per heavy atom. The smallest absolute Gasteiger partial charge is 0.189 e. The van der Waals surface area contributed by atoms with E-state index in [1.165, 1.54) is 77.0 Å². The SMILES string of the molecule is CCCCCCCCCC(CCCCC)O[Si](C)(C)C(C)C. The van der Waals surface area contributed by atoms with E-state index in [0.29, 0.717) is 6.10 Å². The lowest BCUT2D eigenvalue weighted by atomic mass is 10.0. The van der Waals surface area contributed by atoms with Crippen molar-refractivity contribution in [2.24, 2.45) is 0 Å². The third-order valence-electron chi connectivity index (χ3n) is 5.12. The molecule has 1 atom stereocenters. The van der Waals surface area contributed by atoms with E-state index < -0.39 is 8.32 Å². The largest absolute Gasteiger partial charge is 0.414 e. The first-order valence-electron chi connectivity index (χ1n) is 10.1. The van der Waals surface area contributed by atoms with Crippen molar-refractivity contribution in [3.63, 3.8) is 0 Å². The van der Waals surface area contributed by atoms with Crippen molar-refractivity contribution in [2.45, 2.75) is 129 Å². The first kappa shape index (κ1) is 22.2. The molecule has 0 aromatic carbocycles. The van der Waals surface area contributed by atoms with Gasteiger partial charge in [0.25, 0.3) is 0 Å². The third-order valence-corrected chi connectivity index (χ3v) is 8.84. The highest BCUT2D eigenvalue weighted by atomic mass is 28.4. The molecule has 0 aliphatic carbocycles. The van der Waals surface area contributed by atoms with Gasteiger partial charge < -0.3 is 4.43 Å². The highest BCUT2D eigenvalue weighted by molar-refractivity contribution is 6.72. The Morgan fingerprint density at radius 1 is 0.682 bits per heavy atom. The first-order valence-corrected chi connectivity index (χ1v) is 13.1. The van der Waals surface area contributed by atoms with Gasteiger partial charge >= 0.3 is 0 Å². The van der Waals surface area contributed by atoms with E-state index in [2.05, 4.69) is 40.8 Å². The summed E-state index contributed by atoms with van der Waals surface area (Å²) in [6, 6.07) is 0. The minimum absolute atomic E-state index is 0.534. The quantitative estimate of drug-likeness (QED) is 0.221. The van der Waals surface area contributed by atoms with Gasteiger partial charge in [-0.05, 0) is 31.5 Å². The van der Waals surface area contributed by atoms with E-state index in [1.54, 1.807) is 0 Å². The molecule has 2 heteroatoms. The maximum atomic E-state index is 6.63. The molecule has 0 rings (SSSR count). The van der Waals surface area contributed by atoms with Gasteiger partial charge in [-0.1, -0.05) is 91.9 Å². The lowest BCUT2D eigenvalue weighted by Crippen LogP contribution is -2.38. The monoisotopic (exact) mass is 328 g/mol. The topological polar surface area (TPSA) is 9.23 Å². The van der Waals surface area contributed by atoms with Crippen molar-refractivity contribution < 1.29 is 4.43 Å². The van der Waals surface area contributed by atoms with Gasteiger partial charge in [0.2, 0.25) is 0 Å². The van der Waals surface area contributed by atoms with Gasteiger partial charge in [0.1, 0.15) is 0 Å². The molecule has 1 unspecified atom stereocenters. The molecule has 0 aliphatic heterocycles. The molecule has 0 radical (unpaired) electrons. The van der Waals surface area contributed by atoms with E-state index >= 15 is 0 Å². The molecule has 0 fully saturated rings. The van der Waals surface area contributed by atoms with Crippen LogP contribution < -0.4 is 0 Å². The maximum Gasteiger partial charge on any atom is 0.189 e. The Kier molecular flexibility index (Phi) is 13.7. The van der Waals surface area contributed by atoms with Gasteiger partial charge in [0.05, 0.1) is 0 Å². The summed E-state index contributed by atoms with van der Waals surface area (Å²) >= 11 is 0. The highest BCUT2D eigenvalue weighted by Crippen LogP contribution is 2.27. The minimum atomic E-state index is -1.49. The standard InChI is InChI=1S/C20H44OSi/c1-7-9-11-12-13-14-16-18-20(17-15-10-8-2)21-22(5,6)19(3)4/h19-20H,7-18H2,1-6H3. The van der Waals surface area contributed by atoms with Crippen LogP contribution in [0.4, 0.5) is 0 Å². The number of hydrogen-bond donors (Lipinski definition) is 0. The van der Waals surface area contributed by atoms with Gasteiger partial charge in [-0.3, -0.25) is 0 Å². The van der Waals surface area contributed by atoms with E-state index in [4.69, 9.17) is 4.43 Å². The molecule has 0 saturated heterocycles. The average molecular weight is 329 g/mol. The molecule has 0 amide bonds. The molecule has 0 N–H and O–H groups in total. The van der Waals surface area contributed by atoms with Gasteiger partial charge in [-0.15, -0.1) is 0 Å². The molecular weight excluding hydrogens is 284 g/mol. The Balaban J connectivity index is 4.02. The molecule has 1 nitrogen and oxygen atoms in total. The zero-order valence-electron chi connectivity index (χ0n) is 16.5. The predicted molar refractivity (Wildman–Crippen MR) is 104 cm³/mol. The van der Waals surface area contributed by atoms with Crippen LogP contribution in [0, 0.1) is 0 Å². The fourth-order valence-electron chi connectivity index (χ4n) is 2.78. The lowest BCUT2D eigenvalue weighted by Gasteiger charge is -2.32. The van der Waals surface area contributed by atoms with Gasteiger partial charge in [0.15, 0.2) is 8.32 Å². The van der Waals surface area contributed by atoms with Gasteiger partial charge in [-0.25, -0.2) is 0 Å². The molecule has 0 saturated carbocycles. The summed E-state index contributed by atoms with van der Waals surface area (Å²) in [6.45, 7) is 14.0. The molecule has 0 heterocycles. The summed E-state index contributed by atoms with van der Waals surface area (Å²) in [7, 11) is -1.49. The summed E-state index contributed by atoms with van der Waals surface area (Å²) in [4.78, 5) is 0. The Bertz CT molecular complexity index is 238. The van der Waals surface area contributed by atoms with E-state index in [1.807, 2.05) is 0 Å². The molecule has 0 aromatic rings. The summed E-state index contributed by atoms with van der Waals surface area (Å²) < 4.78 is 6.63. The molecule has 0 aliphatic rings.